The lowest BCUT2D eigenvalue weighted by atomic mass is 10.0. The molecular formula is C17H14FN3O3. The number of anilines is 1. The zero-order chi connectivity index (χ0) is 17.3. The Kier molecular flexibility index (Phi) is 3.99. The van der Waals surface area contributed by atoms with Crippen molar-refractivity contribution < 1.29 is 18.7 Å². The predicted molar refractivity (Wildman–Crippen MR) is 86.6 cm³/mol. The number of ketones is 1. The maximum absolute atomic E-state index is 13.0. The third-order valence-electron chi connectivity index (χ3n) is 3.65. The van der Waals surface area contributed by atoms with Gasteiger partial charge < -0.3 is 9.30 Å². The lowest BCUT2D eigenvalue weighted by molar-refractivity contribution is 0.103. The molecule has 0 unspecified atom stereocenters. The summed E-state index contributed by atoms with van der Waals surface area (Å²) in [5, 5.41) is 2.50. The van der Waals surface area contributed by atoms with Gasteiger partial charge in [-0.15, -0.1) is 0 Å². The average molecular weight is 327 g/mol. The molecule has 0 radical (unpaired) electrons. The van der Waals surface area contributed by atoms with Gasteiger partial charge in [-0.3, -0.25) is 10.1 Å². The number of amides is 1. The van der Waals surface area contributed by atoms with Crippen molar-refractivity contribution in [2.75, 3.05) is 12.4 Å². The van der Waals surface area contributed by atoms with E-state index in [1.165, 1.54) is 31.4 Å². The fourth-order valence-corrected chi connectivity index (χ4v) is 2.36. The molecule has 1 heterocycles. The van der Waals surface area contributed by atoms with Crippen LogP contribution < -0.4 is 5.32 Å². The molecule has 2 aromatic carbocycles. The molecule has 6 nitrogen and oxygen atoms in total. The number of methoxy groups -OCH3 is 1. The predicted octanol–water partition coefficient (Wildman–Crippen LogP) is 3.12. The molecule has 24 heavy (non-hydrogen) atoms. The maximum Gasteiger partial charge on any atom is 0.413 e. The zero-order valence-corrected chi connectivity index (χ0v) is 13.0. The number of fused-ring (bicyclic) bond motifs is 1. The van der Waals surface area contributed by atoms with Gasteiger partial charge in [-0.1, -0.05) is 0 Å². The second-order valence-electron chi connectivity index (χ2n) is 5.15. The summed E-state index contributed by atoms with van der Waals surface area (Å²) in [4.78, 5) is 28.1. The molecule has 0 aliphatic heterocycles. The van der Waals surface area contributed by atoms with Gasteiger partial charge in [0, 0.05) is 18.2 Å². The van der Waals surface area contributed by atoms with Gasteiger partial charge in [-0.05, 0) is 42.5 Å². The first kappa shape index (κ1) is 15.7. The Hall–Kier alpha value is -3.22. The van der Waals surface area contributed by atoms with Gasteiger partial charge in [-0.25, -0.2) is 14.2 Å². The van der Waals surface area contributed by atoms with Crippen molar-refractivity contribution in [2.24, 2.45) is 7.05 Å². The number of carbonyl (C=O) groups excluding carboxylic acids is 2. The Morgan fingerprint density at radius 1 is 1.12 bits per heavy atom. The van der Waals surface area contributed by atoms with E-state index in [1.54, 1.807) is 29.8 Å². The minimum Gasteiger partial charge on any atom is -0.453 e. The number of aryl methyl sites for hydroxylation is 1. The maximum atomic E-state index is 13.0. The first-order chi connectivity index (χ1) is 11.5. The lowest BCUT2D eigenvalue weighted by Crippen LogP contribution is -2.14. The van der Waals surface area contributed by atoms with E-state index in [1.807, 2.05) is 0 Å². The summed E-state index contributed by atoms with van der Waals surface area (Å²) in [7, 11) is 3.00. The number of hydrogen-bond acceptors (Lipinski definition) is 4. The number of imidazole rings is 1. The van der Waals surface area contributed by atoms with Crippen LogP contribution in [-0.2, 0) is 11.8 Å². The molecule has 3 aromatic rings. The quantitative estimate of drug-likeness (QED) is 0.750. The molecule has 0 spiro atoms. The van der Waals surface area contributed by atoms with Gasteiger partial charge >= 0.3 is 6.09 Å². The summed E-state index contributed by atoms with van der Waals surface area (Å²) in [6.45, 7) is 0. The molecule has 1 aromatic heterocycles. The molecule has 0 saturated heterocycles. The molecule has 0 fully saturated rings. The van der Waals surface area contributed by atoms with Gasteiger partial charge in [0.25, 0.3) is 0 Å². The largest absolute Gasteiger partial charge is 0.453 e. The Balaban J connectivity index is 1.97. The molecule has 1 N–H and O–H groups in total. The van der Waals surface area contributed by atoms with Crippen molar-refractivity contribution in [1.29, 1.82) is 0 Å². The molecule has 0 bridgehead atoms. The van der Waals surface area contributed by atoms with Crippen LogP contribution in [0.3, 0.4) is 0 Å². The SMILES string of the molecule is COC(=O)Nc1nc2cc(C(=O)c3ccc(F)cc3)ccc2n1C. The minimum absolute atomic E-state index is 0.231. The van der Waals surface area contributed by atoms with Crippen LogP contribution in [0.2, 0.25) is 0 Å². The number of benzene rings is 2. The second-order valence-corrected chi connectivity index (χ2v) is 5.15. The van der Waals surface area contributed by atoms with Crippen LogP contribution in [0.1, 0.15) is 15.9 Å². The van der Waals surface area contributed by atoms with Gasteiger partial charge in [0.15, 0.2) is 5.78 Å². The Morgan fingerprint density at radius 2 is 1.79 bits per heavy atom. The smallest absolute Gasteiger partial charge is 0.413 e. The van der Waals surface area contributed by atoms with Crippen LogP contribution in [0.15, 0.2) is 42.5 Å². The normalized spacial score (nSPS) is 10.6. The fraction of sp³-hybridized carbons (Fsp3) is 0.118. The molecule has 0 atom stereocenters. The van der Waals surface area contributed by atoms with Crippen molar-refractivity contribution in [3.63, 3.8) is 0 Å². The van der Waals surface area contributed by atoms with Gasteiger partial charge in [0.2, 0.25) is 5.95 Å². The number of nitrogens with one attached hydrogen (secondary N) is 1. The highest BCUT2D eigenvalue weighted by Gasteiger charge is 2.14. The monoisotopic (exact) mass is 327 g/mol. The number of carbonyl (C=O) groups is 2. The summed E-state index contributed by atoms with van der Waals surface area (Å²) in [5.41, 5.74) is 2.12. The molecule has 0 saturated carbocycles. The highest BCUT2D eigenvalue weighted by Crippen LogP contribution is 2.21. The minimum atomic E-state index is -0.629. The van der Waals surface area contributed by atoms with E-state index in [9.17, 15) is 14.0 Å². The van der Waals surface area contributed by atoms with Crippen LogP contribution in [0.25, 0.3) is 11.0 Å². The molecule has 1 amide bonds. The van der Waals surface area contributed by atoms with E-state index in [0.717, 1.165) is 5.52 Å². The summed E-state index contributed by atoms with van der Waals surface area (Å²) < 4.78 is 19.2. The van der Waals surface area contributed by atoms with Crippen molar-refractivity contribution >= 4 is 28.9 Å². The van der Waals surface area contributed by atoms with Crippen LogP contribution in [0, 0.1) is 5.82 Å². The Labute approximate surface area is 136 Å². The van der Waals surface area contributed by atoms with E-state index in [-0.39, 0.29) is 5.78 Å². The van der Waals surface area contributed by atoms with Gasteiger partial charge in [-0.2, -0.15) is 0 Å². The zero-order valence-electron chi connectivity index (χ0n) is 13.0. The van der Waals surface area contributed by atoms with E-state index >= 15 is 0 Å². The standard InChI is InChI=1S/C17H14FN3O3/c1-21-14-8-5-11(15(22)10-3-6-12(18)7-4-10)9-13(14)19-16(21)20-17(23)24-2/h3-9H,1-2H3,(H,19,20,23). The van der Waals surface area contributed by atoms with Crippen molar-refractivity contribution in [1.82, 2.24) is 9.55 Å². The number of aromatic nitrogens is 2. The number of hydrogen-bond donors (Lipinski definition) is 1. The summed E-state index contributed by atoms with van der Waals surface area (Å²) in [6.07, 6.45) is -0.629. The molecule has 122 valence electrons. The van der Waals surface area contributed by atoms with Crippen molar-refractivity contribution in [3.05, 3.63) is 59.4 Å². The van der Waals surface area contributed by atoms with Crippen LogP contribution in [0.4, 0.5) is 15.1 Å². The Morgan fingerprint density at radius 3 is 2.46 bits per heavy atom. The second kappa shape index (κ2) is 6.11. The molecule has 0 aliphatic rings. The van der Waals surface area contributed by atoms with Crippen LogP contribution in [0.5, 0.6) is 0 Å². The molecule has 3 rings (SSSR count). The van der Waals surface area contributed by atoms with E-state index in [0.29, 0.717) is 22.6 Å². The number of rotatable bonds is 3. The molecular weight excluding hydrogens is 313 g/mol. The number of halogens is 1. The number of ether oxygens (including phenoxy) is 1. The van der Waals surface area contributed by atoms with E-state index < -0.39 is 11.9 Å². The third kappa shape index (κ3) is 2.83. The first-order valence-electron chi connectivity index (χ1n) is 7.11. The highest BCUT2D eigenvalue weighted by molar-refractivity contribution is 6.10. The molecule has 0 aliphatic carbocycles. The van der Waals surface area contributed by atoms with E-state index in [2.05, 4.69) is 15.0 Å². The fourth-order valence-electron chi connectivity index (χ4n) is 2.36. The molecule has 7 heteroatoms. The summed E-state index contributed by atoms with van der Waals surface area (Å²) in [5.74, 6) is -0.321. The van der Waals surface area contributed by atoms with E-state index in [4.69, 9.17) is 0 Å². The first-order valence-corrected chi connectivity index (χ1v) is 7.11. The van der Waals surface area contributed by atoms with Crippen molar-refractivity contribution in [3.8, 4) is 0 Å². The lowest BCUT2D eigenvalue weighted by Gasteiger charge is -2.03. The third-order valence-corrected chi connectivity index (χ3v) is 3.65. The van der Waals surface area contributed by atoms with Gasteiger partial charge in [0.05, 0.1) is 18.1 Å². The summed E-state index contributed by atoms with van der Waals surface area (Å²) >= 11 is 0. The van der Waals surface area contributed by atoms with Crippen molar-refractivity contribution in [2.45, 2.75) is 0 Å². The summed E-state index contributed by atoms with van der Waals surface area (Å²) in [6, 6.07) is 10.4. The van der Waals surface area contributed by atoms with Crippen LogP contribution >= 0.6 is 0 Å². The van der Waals surface area contributed by atoms with Gasteiger partial charge in [0.1, 0.15) is 5.82 Å². The average Bonchev–Trinajstić information content (AvgIpc) is 2.90. The highest BCUT2D eigenvalue weighted by atomic mass is 19.1. The number of nitrogens with zero attached hydrogens (tertiary/aromatic N) is 2. The topological polar surface area (TPSA) is 73.2 Å². The Bertz CT molecular complexity index is 932. The van der Waals surface area contributed by atoms with Crippen LogP contribution in [-0.4, -0.2) is 28.5 Å².